The van der Waals surface area contributed by atoms with Gasteiger partial charge >= 0.3 is 0 Å². The number of thiazole rings is 1. The van der Waals surface area contributed by atoms with Gasteiger partial charge < -0.3 is 9.47 Å². The minimum atomic E-state index is 0.275. The van der Waals surface area contributed by atoms with Gasteiger partial charge in [0, 0.05) is 39.1 Å². The number of rotatable bonds is 8. The average molecular weight is 469 g/mol. The number of nitrogens with zero attached hydrogens (tertiary/aromatic N) is 4. The summed E-state index contributed by atoms with van der Waals surface area (Å²) >= 11 is 5.03. The van der Waals surface area contributed by atoms with E-state index in [9.17, 15) is 0 Å². The molecule has 5 rings (SSSR count). The lowest BCUT2D eigenvalue weighted by Gasteiger charge is -2.06. The quantitative estimate of drug-likeness (QED) is 0.237. The summed E-state index contributed by atoms with van der Waals surface area (Å²) in [5.74, 6) is 3.16. The molecular formula is C22H20N4O2S3. The van der Waals surface area contributed by atoms with Gasteiger partial charge in [0.15, 0.2) is 22.5 Å². The molecule has 3 aromatic heterocycles. The van der Waals surface area contributed by atoms with E-state index in [-0.39, 0.29) is 6.79 Å². The molecule has 1 aromatic carbocycles. The Labute approximate surface area is 192 Å². The number of ether oxygens (including phenoxy) is 2. The first-order valence-electron chi connectivity index (χ1n) is 9.84. The van der Waals surface area contributed by atoms with Crippen molar-refractivity contribution in [2.45, 2.75) is 30.8 Å². The summed E-state index contributed by atoms with van der Waals surface area (Å²) < 4.78 is 13.0. The lowest BCUT2D eigenvalue weighted by Crippen LogP contribution is -2.00. The number of aromatic nitrogens is 4. The van der Waals surface area contributed by atoms with E-state index in [1.165, 1.54) is 4.88 Å². The van der Waals surface area contributed by atoms with Crippen molar-refractivity contribution < 1.29 is 9.47 Å². The van der Waals surface area contributed by atoms with Crippen LogP contribution < -0.4 is 9.47 Å². The number of hydrogen-bond donors (Lipinski definition) is 0. The van der Waals surface area contributed by atoms with Crippen molar-refractivity contribution in [3.8, 4) is 33.5 Å². The van der Waals surface area contributed by atoms with Crippen molar-refractivity contribution in [1.29, 1.82) is 0 Å². The third kappa shape index (κ3) is 4.13. The molecule has 6 nitrogen and oxygen atoms in total. The highest BCUT2D eigenvalue weighted by Crippen LogP contribution is 2.37. The SMILES string of the molecule is C=CCn1c(SCc2csc(-c3ccc4c(c3)OCO4)n2)nnc1-c1csc(CC)c1. The molecule has 4 aromatic rings. The van der Waals surface area contributed by atoms with Gasteiger partial charge in [-0.2, -0.15) is 0 Å². The second-order valence-corrected chi connectivity index (χ2v) is 9.66. The Kier molecular flexibility index (Phi) is 5.80. The molecule has 1 aliphatic rings. The molecule has 0 saturated carbocycles. The summed E-state index contributed by atoms with van der Waals surface area (Å²) in [7, 11) is 0. The molecule has 0 atom stereocenters. The van der Waals surface area contributed by atoms with E-state index in [0.29, 0.717) is 6.54 Å². The van der Waals surface area contributed by atoms with Crippen LogP contribution in [0.4, 0.5) is 0 Å². The van der Waals surface area contributed by atoms with E-state index in [0.717, 1.165) is 56.5 Å². The van der Waals surface area contributed by atoms with Crippen LogP contribution in [0.25, 0.3) is 22.0 Å². The maximum Gasteiger partial charge on any atom is 0.231 e. The normalized spacial score (nSPS) is 12.4. The first-order chi connectivity index (χ1) is 15.2. The van der Waals surface area contributed by atoms with Crippen molar-refractivity contribution in [2.75, 3.05) is 6.79 Å². The molecule has 0 radical (unpaired) electrons. The Morgan fingerprint density at radius 1 is 1.13 bits per heavy atom. The van der Waals surface area contributed by atoms with Crippen LogP contribution in [-0.2, 0) is 18.7 Å². The molecule has 0 fully saturated rings. The Balaban J connectivity index is 1.33. The molecule has 1 aliphatic heterocycles. The van der Waals surface area contributed by atoms with Crippen molar-refractivity contribution >= 4 is 34.4 Å². The number of thioether (sulfide) groups is 1. The second kappa shape index (κ2) is 8.86. The summed E-state index contributed by atoms with van der Waals surface area (Å²) in [6.45, 7) is 7.01. The zero-order valence-corrected chi connectivity index (χ0v) is 19.4. The predicted molar refractivity (Wildman–Crippen MR) is 126 cm³/mol. The topological polar surface area (TPSA) is 62.1 Å². The van der Waals surface area contributed by atoms with Crippen molar-refractivity contribution in [3.05, 3.63) is 58.3 Å². The van der Waals surface area contributed by atoms with Crippen LogP contribution in [-0.4, -0.2) is 26.5 Å². The van der Waals surface area contributed by atoms with Crippen molar-refractivity contribution in [3.63, 3.8) is 0 Å². The number of benzene rings is 1. The van der Waals surface area contributed by atoms with Gasteiger partial charge in [0.2, 0.25) is 6.79 Å². The van der Waals surface area contributed by atoms with Crippen LogP contribution in [0.5, 0.6) is 11.5 Å². The molecule has 0 bridgehead atoms. The van der Waals surface area contributed by atoms with Gasteiger partial charge in [0.25, 0.3) is 0 Å². The van der Waals surface area contributed by atoms with Crippen LogP contribution >= 0.6 is 34.4 Å². The predicted octanol–water partition coefficient (Wildman–Crippen LogP) is 5.90. The van der Waals surface area contributed by atoms with Crippen LogP contribution in [0.3, 0.4) is 0 Å². The summed E-state index contributed by atoms with van der Waals surface area (Å²) in [5, 5.41) is 15.0. The largest absolute Gasteiger partial charge is 0.454 e. The van der Waals surface area contributed by atoms with E-state index in [1.807, 2.05) is 24.3 Å². The fourth-order valence-electron chi connectivity index (χ4n) is 3.26. The highest BCUT2D eigenvalue weighted by atomic mass is 32.2. The number of allylic oxidation sites excluding steroid dienone is 1. The molecule has 158 valence electrons. The zero-order chi connectivity index (χ0) is 21.2. The average Bonchev–Trinajstić information content (AvgIpc) is 3.58. The van der Waals surface area contributed by atoms with E-state index in [2.05, 4.69) is 45.1 Å². The lowest BCUT2D eigenvalue weighted by atomic mass is 10.2. The molecule has 0 saturated heterocycles. The molecular weight excluding hydrogens is 448 g/mol. The molecule has 0 aliphatic carbocycles. The smallest absolute Gasteiger partial charge is 0.231 e. The van der Waals surface area contributed by atoms with Gasteiger partial charge in [0.05, 0.1) is 5.69 Å². The molecule has 0 spiro atoms. The fourth-order valence-corrected chi connectivity index (χ4v) is 5.84. The standard InChI is InChI=1S/C22H20N4O2S3/c1-3-7-26-20(15-8-17(4-2)29-10-15)24-25-22(26)31-12-16-11-30-21(23-16)14-5-6-18-19(9-14)28-13-27-18/h3,5-6,8-11H,1,4,7,12-13H2,2H3. The van der Waals surface area contributed by atoms with Crippen LogP contribution in [0.1, 0.15) is 17.5 Å². The van der Waals surface area contributed by atoms with Crippen LogP contribution in [0.15, 0.2) is 52.8 Å². The van der Waals surface area contributed by atoms with E-state index < -0.39 is 0 Å². The molecule has 31 heavy (non-hydrogen) atoms. The van der Waals surface area contributed by atoms with Crippen molar-refractivity contribution in [1.82, 2.24) is 19.7 Å². The first-order valence-corrected chi connectivity index (χ1v) is 12.6. The van der Waals surface area contributed by atoms with E-state index in [1.54, 1.807) is 34.4 Å². The van der Waals surface area contributed by atoms with E-state index in [4.69, 9.17) is 14.5 Å². The summed E-state index contributed by atoms with van der Waals surface area (Å²) in [4.78, 5) is 6.14. The number of aryl methyl sites for hydroxylation is 1. The number of fused-ring (bicyclic) bond motifs is 1. The number of thiophene rings is 1. The Morgan fingerprint density at radius 3 is 2.87 bits per heavy atom. The summed E-state index contributed by atoms with van der Waals surface area (Å²) in [6.07, 6.45) is 2.90. The summed E-state index contributed by atoms with van der Waals surface area (Å²) in [6, 6.07) is 8.13. The molecule has 0 unspecified atom stereocenters. The Hall–Kier alpha value is -2.62. The van der Waals surface area contributed by atoms with Gasteiger partial charge in [0.1, 0.15) is 5.01 Å². The monoisotopic (exact) mass is 468 g/mol. The lowest BCUT2D eigenvalue weighted by molar-refractivity contribution is 0.174. The molecule has 0 amide bonds. The first kappa shape index (κ1) is 20.3. The summed E-state index contributed by atoms with van der Waals surface area (Å²) in [5.41, 5.74) is 3.16. The zero-order valence-electron chi connectivity index (χ0n) is 16.9. The van der Waals surface area contributed by atoms with Gasteiger partial charge in [-0.3, -0.25) is 4.57 Å². The highest BCUT2D eigenvalue weighted by molar-refractivity contribution is 7.98. The van der Waals surface area contributed by atoms with Gasteiger partial charge in [-0.15, -0.1) is 39.4 Å². The van der Waals surface area contributed by atoms with Crippen molar-refractivity contribution in [2.24, 2.45) is 0 Å². The van der Waals surface area contributed by atoms with E-state index >= 15 is 0 Å². The fraction of sp³-hybridized carbons (Fsp3) is 0.227. The van der Waals surface area contributed by atoms with Gasteiger partial charge in [-0.1, -0.05) is 24.8 Å². The van der Waals surface area contributed by atoms with Gasteiger partial charge in [-0.05, 0) is 30.7 Å². The number of hydrogen-bond acceptors (Lipinski definition) is 8. The minimum absolute atomic E-state index is 0.275. The third-order valence-electron chi connectivity index (χ3n) is 4.81. The molecule has 0 N–H and O–H groups in total. The third-order valence-corrected chi connectivity index (χ3v) is 7.83. The van der Waals surface area contributed by atoms with Gasteiger partial charge in [-0.25, -0.2) is 4.98 Å². The highest BCUT2D eigenvalue weighted by Gasteiger charge is 2.17. The second-order valence-electron chi connectivity index (χ2n) is 6.86. The Morgan fingerprint density at radius 2 is 2.03 bits per heavy atom. The Bertz CT molecular complexity index is 1230. The van der Waals surface area contributed by atoms with Crippen LogP contribution in [0.2, 0.25) is 0 Å². The minimum Gasteiger partial charge on any atom is -0.454 e. The van der Waals surface area contributed by atoms with Crippen LogP contribution in [0, 0.1) is 0 Å². The molecule has 4 heterocycles. The molecule has 9 heteroatoms. The maximum atomic E-state index is 5.48. The maximum absolute atomic E-state index is 5.48.